The van der Waals surface area contributed by atoms with E-state index in [0.29, 0.717) is 0 Å². The van der Waals surface area contributed by atoms with Crippen LogP contribution in [-0.2, 0) is 4.79 Å². The third kappa shape index (κ3) is 1.65. The summed E-state index contributed by atoms with van der Waals surface area (Å²) in [6.45, 7) is 2.19. The molecule has 1 rings (SSSR count). The van der Waals surface area contributed by atoms with Crippen molar-refractivity contribution in [3.63, 3.8) is 0 Å². The number of hydrogen-bond donors (Lipinski definition) is 2. The smallest absolute Gasteiger partial charge is 0.238 e. The molecule has 0 aromatic rings. The number of hydrogen-bond acceptors (Lipinski definition) is 3. The van der Waals surface area contributed by atoms with Crippen LogP contribution in [0.5, 0.6) is 0 Å². The molecule has 0 aliphatic heterocycles. The van der Waals surface area contributed by atoms with Gasteiger partial charge in [-0.2, -0.15) is 5.26 Å². The molecule has 72 valence electrons. The highest BCUT2D eigenvalue weighted by Gasteiger charge is 2.44. The summed E-state index contributed by atoms with van der Waals surface area (Å²) in [6, 6.07) is 1.98. The zero-order valence-corrected chi connectivity index (χ0v) is 7.84. The number of carbonyl (C=O) groups is 1. The number of nitrogens with two attached hydrogens (primary N) is 1. The largest absolute Gasteiger partial charge is 0.368 e. The minimum Gasteiger partial charge on any atom is -0.368 e. The molecule has 4 nitrogen and oxygen atoms in total. The van der Waals surface area contributed by atoms with Gasteiger partial charge in [0.1, 0.15) is 5.54 Å². The van der Waals surface area contributed by atoms with Crippen LogP contribution in [0.25, 0.3) is 0 Å². The summed E-state index contributed by atoms with van der Waals surface area (Å²) in [5.74, 6) is -0.0916. The lowest BCUT2D eigenvalue weighted by molar-refractivity contribution is -0.125. The Bertz CT molecular complexity index is 246. The molecule has 2 unspecified atom stereocenters. The number of nitrogens with one attached hydrogen (secondary N) is 1. The average Bonchev–Trinajstić information content (AvgIpc) is 2.45. The molecule has 4 heteroatoms. The summed E-state index contributed by atoms with van der Waals surface area (Å²) in [5, 5.41) is 11.4. The molecule has 0 saturated heterocycles. The summed E-state index contributed by atoms with van der Waals surface area (Å²) < 4.78 is 0. The summed E-state index contributed by atoms with van der Waals surface area (Å²) >= 11 is 0. The molecule has 1 fully saturated rings. The Kier molecular flexibility index (Phi) is 2.89. The van der Waals surface area contributed by atoms with Crippen LogP contribution in [0.4, 0.5) is 0 Å². The lowest BCUT2D eigenvalue weighted by Gasteiger charge is -2.30. The van der Waals surface area contributed by atoms with Gasteiger partial charge in [0, 0.05) is 0 Å². The third-order valence-corrected chi connectivity index (χ3v) is 2.97. The van der Waals surface area contributed by atoms with E-state index in [4.69, 9.17) is 11.0 Å². The fourth-order valence-corrected chi connectivity index (χ4v) is 2.09. The molecule has 1 aliphatic rings. The monoisotopic (exact) mass is 181 g/mol. The molecule has 13 heavy (non-hydrogen) atoms. The lowest BCUT2D eigenvalue weighted by atomic mass is 9.87. The van der Waals surface area contributed by atoms with E-state index in [1.54, 1.807) is 0 Å². The van der Waals surface area contributed by atoms with Crippen molar-refractivity contribution in [2.75, 3.05) is 6.54 Å². The van der Waals surface area contributed by atoms with E-state index in [9.17, 15) is 4.79 Å². The van der Waals surface area contributed by atoms with E-state index in [-0.39, 0.29) is 18.4 Å². The highest BCUT2D eigenvalue weighted by Crippen LogP contribution is 2.34. The van der Waals surface area contributed by atoms with Gasteiger partial charge in [-0.1, -0.05) is 13.3 Å². The van der Waals surface area contributed by atoms with Crippen LogP contribution in [0.2, 0.25) is 0 Å². The number of amides is 1. The molecular weight excluding hydrogens is 166 g/mol. The maximum atomic E-state index is 11.3. The van der Waals surface area contributed by atoms with Gasteiger partial charge in [-0.05, 0) is 18.8 Å². The predicted octanol–water partition coefficient (Wildman–Crippen LogP) is 0.144. The maximum Gasteiger partial charge on any atom is 0.238 e. The molecule has 0 heterocycles. The highest BCUT2D eigenvalue weighted by molar-refractivity contribution is 5.85. The minimum atomic E-state index is -0.629. The molecule has 2 atom stereocenters. The van der Waals surface area contributed by atoms with Crippen LogP contribution < -0.4 is 11.1 Å². The third-order valence-electron chi connectivity index (χ3n) is 2.97. The Labute approximate surface area is 78.1 Å². The van der Waals surface area contributed by atoms with Gasteiger partial charge in [-0.3, -0.25) is 10.1 Å². The maximum absolute atomic E-state index is 11.3. The van der Waals surface area contributed by atoms with E-state index < -0.39 is 5.54 Å². The molecule has 0 radical (unpaired) electrons. The van der Waals surface area contributed by atoms with Crippen LogP contribution in [0.3, 0.4) is 0 Å². The molecule has 0 aromatic heterocycles. The van der Waals surface area contributed by atoms with Crippen molar-refractivity contribution < 1.29 is 4.79 Å². The van der Waals surface area contributed by atoms with Crippen molar-refractivity contribution in [3.05, 3.63) is 0 Å². The fraction of sp³-hybridized carbons (Fsp3) is 0.778. The average molecular weight is 181 g/mol. The standard InChI is InChI=1S/C9H15N3O/c1-7-3-2-4-9(7,8(11)13)12-6-5-10/h7,12H,2-4,6H2,1H3,(H2,11,13). The second-order valence-corrected chi connectivity index (χ2v) is 3.64. The molecule has 3 N–H and O–H groups in total. The highest BCUT2D eigenvalue weighted by atomic mass is 16.1. The van der Waals surface area contributed by atoms with E-state index in [1.165, 1.54) is 0 Å². The molecular formula is C9H15N3O. The van der Waals surface area contributed by atoms with Gasteiger partial charge in [0.05, 0.1) is 12.6 Å². The summed E-state index contributed by atoms with van der Waals surface area (Å²) in [5.41, 5.74) is 4.72. The number of nitriles is 1. The lowest BCUT2D eigenvalue weighted by Crippen LogP contribution is -2.57. The van der Waals surface area contributed by atoms with E-state index >= 15 is 0 Å². The molecule has 0 aromatic carbocycles. The second kappa shape index (κ2) is 3.75. The van der Waals surface area contributed by atoms with Gasteiger partial charge in [-0.15, -0.1) is 0 Å². The van der Waals surface area contributed by atoms with Crippen molar-refractivity contribution >= 4 is 5.91 Å². The van der Waals surface area contributed by atoms with Crippen LogP contribution in [0.15, 0.2) is 0 Å². The molecule has 0 spiro atoms. The Balaban J connectivity index is 2.76. The first-order valence-corrected chi connectivity index (χ1v) is 4.55. The summed E-state index contributed by atoms with van der Waals surface area (Å²) in [6.07, 6.45) is 2.76. The predicted molar refractivity (Wildman–Crippen MR) is 48.6 cm³/mol. The van der Waals surface area contributed by atoms with E-state index in [2.05, 4.69) is 5.32 Å². The number of carbonyl (C=O) groups excluding carboxylic acids is 1. The Morgan fingerprint density at radius 3 is 2.92 bits per heavy atom. The minimum absolute atomic E-state index is 0.188. The van der Waals surface area contributed by atoms with E-state index in [1.807, 2.05) is 13.0 Å². The van der Waals surface area contributed by atoms with Gasteiger partial charge >= 0.3 is 0 Å². The van der Waals surface area contributed by atoms with Crippen molar-refractivity contribution in [2.24, 2.45) is 11.7 Å². The van der Waals surface area contributed by atoms with Crippen molar-refractivity contribution in [2.45, 2.75) is 31.7 Å². The zero-order valence-electron chi connectivity index (χ0n) is 7.84. The molecule has 0 bridgehead atoms. The Hall–Kier alpha value is -1.08. The van der Waals surface area contributed by atoms with Crippen LogP contribution in [0.1, 0.15) is 26.2 Å². The van der Waals surface area contributed by atoms with E-state index in [0.717, 1.165) is 19.3 Å². The Morgan fingerprint density at radius 2 is 2.54 bits per heavy atom. The first-order valence-electron chi connectivity index (χ1n) is 4.55. The number of rotatable bonds is 3. The normalized spacial score (nSPS) is 32.8. The SMILES string of the molecule is CC1CCCC1(NCC#N)C(N)=O. The molecule has 1 amide bonds. The van der Waals surface area contributed by atoms with Crippen molar-refractivity contribution in [3.8, 4) is 6.07 Å². The summed E-state index contributed by atoms with van der Waals surface area (Å²) in [4.78, 5) is 11.3. The van der Waals surface area contributed by atoms with Gasteiger partial charge < -0.3 is 5.73 Å². The van der Waals surface area contributed by atoms with Gasteiger partial charge in [0.15, 0.2) is 0 Å². The molecule has 1 saturated carbocycles. The summed E-state index contributed by atoms with van der Waals surface area (Å²) in [7, 11) is 0. The first kappa shape index (κ1) is 10.0. The second-order valence-electron chi connectivity index (χ2n) is 3.64. The van der Waals surface area contributed by atoms with Crippen molar-refractivity contribution in [1.29, 1.82) is 5.26 Å². The zero-order chi connectivity index (χ0) is 9.90. The number of nitrogens with zero attached hydrogens (tertiary/aromatic N) is 1. The quantitative estimate of drug-likeness (QED) is 0.608. The number of primary amides is 1. The van der Waals surface area contributed by atoms with Crippen LogP contribution >= 0.6 is 0 Å². The topological polar surface area (TPSA) is 78.9 Å². The fourth-order valence-electron chi connectivity index (χ4n) is 2.09. The van der Waals surface area contributed by atoms with Gasteiger partial charge in [0.25, 0.3) is 0 Å². The Morgan fingerprint density at radius 1 is 1.85 bits per heavy atom. The first-order chi connectivity index (χ1) is 6.13. The van der Waals surface area contributed by atoms with Crippen LogP contribution in [-0.4, -0.2) is 18.0 Å². The molecule has 1 aliphatic carbocycles. The van der Waals surface area contributed by atoms with Crippen molar-refractivity contribution in [1.82, 2.24) is 5.32 Å². The van der Waals surface area contributed by atoms with Crippen LogP contribution in [0, 0.1) is 17.2 Å². The van der Waals surface area contributed by atoms with Gasteiger partial charge in [0.2, 0.25) is 5.91 Å². The van der Waals surface area contributed by atoms with Gasteiger partial charge in [-0.25, -0.2) is 0 Å².